The summed E-state index contributed by atoms with van der Waals surface area (Å²) in [6.45, 7) is 3.48. The van der Waals surface area contributed by atoms with Crippen molar-refractivity contribution in [3.8, 4) is 5.75 Å². The highest BCUT2D eigenvalue weighted by molar-refractivity contribution is 6.46. The number of ether oxygens (including phenoxy) is 1. The van der Waals surface area contributed by atoms with Gasteiger partial charge in [-0.1, -0.05) is 42.5 Å². The Morgan fingerprint density at radius 2 is 1.81 bits per heavy atom. The molecule has 1 fully saturated rings. The van der Waals surface area contributed by atoms with Crippen LogP contribution in [-0.2, 0) is 16.1 Å². The number of imidazole rings is 1. The van der Waals surface area contributed by atoms with E-state index in [0.29, 0.717) is 37.4 Å². The summed E-state index contributed by atoms with van der Waals surface area (Å²) >= 11 is 0. The maximum absolute atomic E-state index is 13.0. The number of nitrogens with zero attached hydrogens (tertiary/aromatic N) is 3. The van der Waals surface area contributed by atoms with Gasteiger partial charge in [-0.05, 0) is 31.0 Å². The van der Waals surface area contributed by atoms with Crippen molar-refractivity contribution in [2.24, 2.45) is 0 Å². The molecule has 0 aliphatic carbocycles. The van der Waals surface area contributed by atoms with Gasteiger partial charge in [-0.25, -0.2) is 4.98 Å². The maximum atomic E-state index is 13.0. The van der Waals surface area contributed by atoms with Gasteiger partial charge in [0.25, 0.3) is 11.7 Å². The molecule has 0 bridgehead atoms. The fourth-order valence-corrected chi connectivity index (χ4v) is 3.96. The second kappa shape index (κ2) is 9.51. The van der Waals surface area contributed by atoms with Gasteiger partial charge in [-0.2, -0.15) is 0 Å². The summed E-state index contributed by atoms with van der Waals surface area (Å²) in [5.41, 5.74) is 1.35. The molecule has 1 aliphatic heterocycles. The monoisotopic (exact) mass is 431 g/mol. The largest absolute Gasteiger partial charge is 0.507 e. The number of likely N-dealkylation sites (tertiary alicyclic amines) is 1. The number of benzene rings is 2. The van der Waals surface area contributed by atoms with Crippen LogP contribution < -0.4 is 4.74 Å². The highest BCUT2D eigenvalue weighted by atomic mass is 16.5. The summed E-state index contributed by atoms with van der Waals surface area (Å²) in [4.78, 5) is 31.6. The molecule has 4 rings (SSSR count). The van der Waals surface area contributed by atoms with E-state index in [1.54, 1.807) is 41.7 Å². The molecule has 32 heavy (non-hydrogen) atoms. The standard InChI is InChI=1S/C25H25N3O4/c1-2-32-20-11-9-18(10-12-20)22-21(23(29)19-7-4-3-5-8-19)24(30)25(31)28(22)15-6-14-27-16-13-26-17-27/h3-5,7-13,16-17,22,29H,2,6,14-15H2,1H3/b23-21-. The van der Waals surface area contributed by atoms with Gasteiger partial charge in [0, 0.05) is 31.0 Å². The Morgan fingerprint density at radius 1 is 1.06 bits per heavy atom. The van der Waals surface area contributed by atoms with Crippen molar-refractivity contribution >= 4 is 17.4 Å². The van der Waals surface area contributed by atoms with E-state index < -0.39 is 17.7 Å². The first-order chi connectivity index (χ1) is 15.6. The van der Waals surface area contributed by atoms with E-state index in [1.165, 1.54) is 0 Å². The van der Waals surface area contributed by atoms with Crippen LogP contribution in [0.1, 0.15) is 30.5 Å². The van der Waals surface area contributed by atoms with Crippen molar-refractivity contribution < 1.29 is 19.4 Å². The lowest BCUT2D eigenvalue weighted by Crippen LogP contribution is -2.31. The van der Waals surface area contributed by atoms with Crippen LogP contribution in [0.3, 0.4) is 0 Å². The molecular weight excluding hydrogens is 406 g/mol. The Kier molecular flexibility index (Phi) is 6.35. The van der Waals surface area contributed by atoms with Crippen LogP contribution in [-0.4, -0.2) is 44.4 Å². The van der Waals surface area contributed by atoms with E-state index >= 15 is 0 Å². The number of aliphatic hydroxyl groups excluding tert-OH is 1. The van der Waals surface area contributed by atoms with Gasteiger partial charge in [-0.3, -0.25) is 9.59 Å². The summed E-state index contributed by atoms with van der Waals surface area (Å²) in [5, 5.41) is 11.0. The molecule has 1 unspecified atom stereocenters. The minimum atomic E-state index is -0.673. The number of ketones is 1. The topological polar surface area (TPSA) is 84.7 Å². The van der Waals surface area contributed by atoms with Crippen LogP contribution in [0.4, 0.5) is 0 Å². The van der Waals surface area contributed by atoms with Gasteiger partial charge in [0.1, 0.15) is 11.5 Å². The first-order valence-corrected chi connectivity index (χ1v) is 10.6. The summed E-state index contributed by atoms with van der Waals surface area (Å²) in [5.74, 6) is -0.740. The molecule has 0 saturated carbocycles. The lowest BCUT2D eigenvalue weighted by molar-refractivity contribution is -0.139. The van der Waals surface area contributed by atoms with Crippen LogP contribution in [0.15, 0.2) is 78.9 Å². The highest BCUT2D eigenvalue weighted by Crippen LogP contribution is 2.39. The number of aliphatic hydroxyl groups is 1. The van der Waals surface area contributed by atoms with Crippen molar-refractivity contribution in [2.75, 3.05) is 13.2 Å². The van der Waals surface area contributed by atoms with Gasteiger partial charge in [0.05, 0.1) is 24.5 Å². The third-order valence-corrected chi connectivity index (χ3v) is 5.47. The summed E-state index contributed by atoms with van der Waals surface area (Å²) in [7, 11) is 0. The molecule has 0 radical (unpaired) electrons. The molecule has 1 saturated heterocycles. The number of carbonyl (C=O) groups is 2. The summed E-state index contributed by atoms with van der Waals surface area (Å²) in [6, 6.07) is 15.5. The number of aromatic nitrogens is 2. The van der Waals surface area contributed by atoms with E-state index in [4.69, 9.17) is 4.74 Å². The Morgan fingerprint density at radius 3 is 2.47 bits per heavy atom. The Balaban J connectivity index is 1.70. The highest BCUT2D eigenvalue weighted by Gasteiger charge is 2.45. The van der Waals surface area contributed by atoms with Crippen LogP contribution in [0.25, 0.3) is 5.76 Å². The molecule has 1 amide bonds. The number of aryl methyl sites for hydroxylation is 1. The van der Waals surface area contributed by atoms with Crippen LogP contribution >= 0.6 is 0 Å². The molecule has 2 aromatic carbocycles. The van der Waals surface area contributed by atoms with Crippen molar-refractivity contribution in [1.29, 1.82) is 0 Å². The molecule has 1 aromatic heterocycles. The minimum Gasteiger partial charge on any atom is -0.507 e. The first kappa shape index (κ1) is 21.4. The van der Waals surface area contributed by atoms with Crippen molar-refractivity contribution in [1.82, 2.24) is 14.5 Å². The first-order valence-electron chi connectivity index (χ1n) is 10.6. The van der Waals surface area contributed by atoms with E-state index in [0.717, 1.165) is 5.56 Å². The molecule has 3 aromatic rings. The van der Waals surface area contributed by atoms with Gasteiger partial charge < -0.3 is 19.3 Å². The van der Waals surface area contributed by atoms with Crippen molar-refractivity contribution in [3.05, 3.63) is 90.0 Å². The zero-order valence-electron chi connectivity index (χ0n) is 17.8. The summed E-state index contributed by atoms with van der Waals surface area (Å²) < 4.78 is 7.45. The van der Waals surface area contributed by atoms with Gasteiger partial charge in [0.2, 0.25) is 0 Å². The average molecular weight is 431 g/mol. The number of amides is 1. The number of carbonyl (C=O) groups excluding carboxylic acids is 2. The molecule has 0 spiro atoms. The second-order valence-corrected chi connectivity index (χ2v) is 7.51. The SMILES string of the molecule is CCOc1ccc(C2/C(=C(/O)c3ccccc3)C(=O)C(=O)N2CCCn2ccnc2)cc1. The molecule has 1 atom stereocenters. The molecule has 7 nitrogen and oxygen atoms in total. The Labute approximate surface area is 186 Å². The zero-order chi connectivity index (χ0) is 22.5. The predicted molar refractivity (Wildman–Crippen MR) is 120 cm³/mol. The number of hydrogen-bond donors (Lipinski definition) is 1. The smallest absolute Gasteiger partial charge is 0.295 e. The van der Waals surface area contributed by atoms with E-state index in [2.05, 4.69) is 4.98 Å². The van der Waals surface area contributed by atoms with Crippen molar-refractivity contribution in [2.45, 2.75) is 25.9 Å². The van der Waals surface area contributed by atoms with E-state index in [9.17, 15) is 14.7 Å². The average Bonchev–Trinajstić information content (AvgIpc) is 3.42. The number of Topliss-reactive ketones (excluding diaryl/α,β-unsaturated/α-hetero) is 1. The van der Waals surface area contributed by atoms with Crippen LogP contribution in [0.2, 0.25) is 0 Å². The van der Waals surface area contributed by atoms with Crippen LogP contribution in [0, 0.1) is 0 Å². The molecular formula is C25H25N3O4. The number of hydrogen-bond acceptors (Lipinski definition) is 5. The normalized spacial score (nSPS) is 17.7. The predicted octanol–water partition coefficient (Wildman–Crippen LogP) is 3.79. The second-order valence-electron chi connectivity index (χ2n) is 7.51. The molecule has 1 N–H and O–H groups in total. The van der Waals surface area contributed by atoms with Gasteiger partial charge >= 0.3 is 0 Å². The van der Waals surface area contributed by atoms with Gasteiger partial charge in [0.15, 0.2) is 0 Å². The lowest BCUT2D eigenvalue weighted by Gasteiger charge is -2.25. The fraction of sp³-hybridized carbons (Fsp3) is 0.240. The van der Waals surface area contributed by atoms with E-state index in [1.807, 2.05) is 48.0 Å². The molecule has 7 heteroatoms. The molecule has 164 valence electrons. The van der Waals surface area contributed by atoms with Gasteiger partial charge in [-0.15, -0.1) is 0 Å². The summed E-state index contributed by atoms with van der Waals surface area (Å²) in [6.07, 6.45) is 5.91. The molecule has 1 aliphatic rings. The van der Waals surface area contributed by atoms with Crippen molar-refractivity contribution in [3.63, 3.8) is 0 Å². The van der Waals surface area contributed by atoms with Crippen LogP contribution in [0.5, 0.6) is 5.75 Å². The zero-order valence-corrected chi connectivity index (χ0v) is 17.8. The number of rotatable bonds is 8. The minimum absolute atomic E-state index is 0.105. The Hall–Kier alpha value is -3.87. The molecule has 2 heterocycles. The lowest BCUT2D eigenvalue weighted by atomic mass is 9.95. The third kappa shape index (κ3) is 4.27. The third-order valence-electron chi connectivity index (χ3n) is 5.47. The quantitative estimate of drug-likeness (QED) is 0.333. The Bertz CT molecular complexity index is 1110. The maximum Gasteiger partial charge on any atom is 0.295 e. The fourth-order valence-electron chi connectivity index (χ4n) is 3.96. The van der Waals surface area contributed by atoms with E-state index in [-0.39, 0.29) is 11.3 Å².